The van der Waals surface area contributed by atoms with Gasteiger partial charge in [0.25, 0.3) is 5.91 Å². The van der Waals surface area contributed by atoms with Crippen LogP contribution in [0.25, 0.3) is 0 Å². The van der Waals surface area contributed by atoms with Crippen LogP contribution in [0.3, 0.4) is 0 Å². The number of nitrogens with zero attached hydrogens (tertiary/aromatic N) is 2. The van der Waals surface area contributed by atoms with Gasteiger partial charge >= 0.3 is 0 Å². The van der Waals surface area contributed by atoms with Crippen molar-refractivity contribution in [2.75, 3.05) is 27.2 Å². The van der Waals surface area contributed by atoms with Gasteiger partial charge in [-0.25, -0.2) is 8.42 Å². The second-order valence-electron chi connectivity index (χ2n) is 6.17. The quantitative estimate of drug-likeness (QED) is 0.713. The molecule has 1 heterocycles. The van der Waals surface area contributed by atoms with Crippen LogP contribution in [0.4, 0.5) is 0 Å². The van der Waals surface area contributed by atoms with E-state index in [4.69, 9.17) is 0 Å². The number of aliphatic hydroxyl groups excluding tert-OH is 1. The Morgan fingerprint density at radius 2 is 2.00 bits per heavy atom. The van der Waals surface area contributed by atoms with Crippen LogP contribution in [0.1, 0.15) is 23.7 Å². The first kappa shape index (κ1) is 19.4. The number of aliphatic hydroxyl groups is 1. The molecule has 1 aliphatic rings. The van der Waals surface area contributed by atoms with Gasteiger partial charge in [-0.05, 0) is 24.6 Å². The van der Waals surface area contributed by atoms with Crippen molar-refractivity contribution in [2.45, 2.75) is 30.4 Å². The van der Waals surface area contributed by atoms with E-state index in [2.05, 4.69) is 5.32 Å². The zero-order valence-corrected chi connectivity index (χ0v) is 15.3. The molecular weight excluding hydrogens is 346 g/mol. The zero-order valence-electron chi connectivity index (χ0n) is 14.5. The van der Waals surface area contributed by atoms with Gasteiger partial charge in [0.15, 0.2) is 0 Å². The minimum absolute atomic E-state index is 0.0148. The van der Waals surface area contributed by atoms with Crippen LogP contribution in [0.2, 0.25) is 0 Å². The van der Waals surface area contributed by atoms with E-state index in [1.165, 1.54) is 29.2 Å². The fourth-order valence-electron chi connectivity index (χ4n) is 2.45. The van der Waals surface area contributed by atoms with Gasteiger partial charge in [0.1, 0.15) is 6.04 Å². The van der Waals surface area contributed by atoms with Gasteiger partial charge in [0, 0.05) is 32.7 Å². The summed E-state index contributed by atoms with van der Waals surface area (Å²) in [5.74, 6) is -0.739. The number of benzene rings is 1. The second-order valence-corrected chi connectivity index (χ2v) is 8.11. The zero-order chi connectivity index (χ0) is 18.8. The summed E-state index contributed by atoms with van der Waals surface area (Å²) in [6.45, 7) is 1.88. The molecule has 0 aromatic heterocycles. The molecule has 2 rings (SSSR count). The van der Waals surface area contributed by atoms with E-state index in [0.29, 0.717) is 6.42 Å². The Hall–Kier alpha value is -1.97. The third kappa shape index (κ3) is 4.17. The summed E-state index contributed by atoms with van der Waals surface area (Å²) < 4.78 is 26.0. The second kappa shape index (κ2) is 7.51. The predicted molar refractivity (Wildman–Crippen MR) is 91.4 cm³/mol. The van der Waals surface area contributed by atoms with Gasteiger partial charge in [-0.3, -0.25) is 9.59 Å². The lowest BCUT2D eigenvalue weighted by atomic mass is 10.1. The number of sulfonamides is 1. The number of amides is 2. The first-order chi connectivity index (χ1) is 11.7. The number of likely N-dealkylation sites (N-methyl/N-ethyl adjacent to an activating group) is 1. The lowest BCUT2D eigenvalue weighted by Gasteiger charge is -2.34. The van der Waals surface area contributed by atoms with Crippen LogP contribution in [0.5, 0.6) is 0 Å². The molecule has 0 bridgehead atoms. The van der Waals surface area contributed by atoms with Gasteiger partial charge in [0.05, 0.1) is 11.0 Å². The van der Waals surface area contributed by atoms with E-state index in [0.717, 1.165) is 4.31 Å². The highest BCUT2D eigenvalue weighted by Gasteiger charge is 2.35. The van der Waals surface area contributed by atoms with Crippen LogP contribution in [0, 0.1) is 0 Å². The maximum atomic E-state index is 12.4. The van der Waals surface area contributed by atoms with Crippen LogP contribution in [0.15, 0.2) is 29.2 Å². The minimum atomic E-state index is -3.74. The Morgan fingerprint density at radius 3 is 2.52 bits per heavy atom. The summed E-state index contributed by atoms with van der Waals surface area (Å²) in [6.07, 6.45) is -0.226. The van der Waals surface area contributed by atoms with Gasteiger partial charge in [0.2, 0.25) is 15.9 Å². The van der Waals surface area contributed by atoms with Gasteiger partial charge in [-0.2, -0.15) is 4.31 Å². The number of rotatable bonds is 6. The van der Waals surface area contributed by atoms with E-state index < -0.39 is 28.1 Å². The van der Waals surface area contributed by atoms with Crippen LogP contribution < -0.4 is 5.32 Å². The Bertz CT molecular complexity index is 757. The van der Waals surface area contributed by atoms with Crippen molar-refractivity contribution in [3.05, 3.63) is 29.8 Å². The molecule has 25 heavy (non-hydrogen) atoms. The van der Waals surface area contributed by atoms with Crippen molar-refractivity contribution < 1.29 is 23.1 Å². The maximum absolute atomic E-state index is 12.4. The smallest absolute Gasteiger partial charge is 0.251 e. The third-order valence-corrected chi connectivity index (χ3v) is 5.84. The molecule has 1 fully saturated rings. The van der Waals surface area contributed by atoms with E-state index in [9.17, 15) is 23.1 Å². The summed E-state index contributed by atoms with van der Waals surface area (Å²) in [5, 5.41) is 11.9. The fourth-order valence-corrected chi connectivity index (χ4v) is 4.01. The minimum Gasteiger partial charge on any atom is -0.390 e. The Balaban J connectivity index is 2.18. The summed E-state index contributed by atoms with van der Waals surface area (Å²) >= 11 is 0. The molecule has 1 atom stereocenters. The topological polar surface area (TPSA) is 107 Å². The maximum Gasteiger partial charge on any atom is 0.251 e. The number of hydrogen-bond acceptors (Lipinski definition) is 5. The van der Waals surface area contributed by atoms with Crippen molar-refractivity contribution >= 4 is 21.8 Å². The molecule has 1 aromatic carbocycles. The molecule has 9 heteroatoms. The molecule has 8 nitrogen and oxygen atoms in total. The molecule has 1 aromatic rings. The molecule has 0 unspecified atom stereocenters. The van der Waals surface area contributed by atoms with E-state index in [-0.39, 0.29) is 29.5 Å². The highest BCUT2D eigenvalue weighted by Crippen LogP contribution is 2.22. The summed E-state index contributed by atoms with van der Waals surface area (Å²) in [5.41, 5.74) is 0.159. The van der Waals surface area contributed by atoms with Crippen LogP contribution >= 0.6 is 0 Å². The molecule has 0 saturated carbocycles. The summed E-state index contributed by atoms with van der Waals surface area (Å²) in [6, 6.07) is 4.98. The molecule has 2 amide bonds. The highest BCUT2D eigenvalue weighted by molar-refractivity contribution is 7.89. The highest BCUT2D eigenvalue weighted by atomic mass is 32.2. The molecule has 2 N–H and O–H groups in total. The van der Waals surface area contributed by atoms with Crippen molar-refractivity contribution in [1.29, 1.82) is 0 Å². The van der Waals surface area contributed by atoms with E-state index in [1.54, 1.807) is 21.0 Å². The average molecular weight is 369 g/mol. The van der Waals surface area contributed by atoms with Crippen molar-refractivity contribution in [1.82, 2.24) is 14.5 Å². The Morgan fingerprint density at radius 1 is 1.36 bits per heavy atom. The standard InChI is InChI=1S/C16H23N3O5S/c1-4-14(16(22)18(2)3)17-15(21)11-6-5-7-13(8-11)25(23,24)19-9-12(20)10-19/h5-8,12,14,20H,4,9-10H2,1-3H3,(H,17,21)/t14-/m0/s1. The van der Waals surface area contributed by atoms with E-state index in [1.807, 2.05) is 0 Å². The Labute approximate surface area is 147 Å². The van der Waals surface area contributed by atoms with E-state index >= 15 is 0 Å². The molecule has 0 aliphatic carbocycles. The van der Waals surface area contributed by atoms with Gasteiger partial charge in [-0.15, -0.1) is 0 Å². The fraction of sp³-hybridized carbons (Fsp3) is 0.500. The van der Waals surface area contributed by atoms with Crippen LogP contribution in [-0.4, -0.2) is 73.9 Å². The molecule has 0 spiro atoms. The number of β-amino-alcohol motifs (C(OH)–C–C–N with tert-alkyl or cyclic N) is 1. The van der Waals surface area contributed by atoms with Gasteiger partial charge in [-0.1, -0.05) is 13.0 Å². The molecule has 1 saturated heterocycles. The third-order valence-electron chi connectivity index (χ3n) is 4.02. The lowest BCUT2D eigenvalue weighted by Crippen LogP contribution is -2.53. The monoisotopic (exact) mass is 369 g/mol. The van der Waals surface area contributed by atoms with Crippen molar-refractivity contribution in [3.8, 4) is 0 Å². The molecular formula is C16H23N3O5S. The molecule has 1 aliphatic heterocycles. The first-order valence-corrected chi connectivity index (χ1v) is 9.41. The summed E-state index contributed by atoms with van der Waals surface area (Å²) in [7, 11) is -0.531. The normalized spacial score (nSPS) is 16.8. The number of carbonyl (C=O) groups excluding carboxylic acids is 2. The molecule has 138 valence electrons. The number of nitrogens with one attached hydrogen (secondary N) is 1. The van der Waals surface area contributed by atoms with Crippen LogP contribution in [-0.2, 0) is 14.8 Å². The predicted octanol–water partition coefficient (Wildman–Crippen LogP) is -0.352. The number of hydrogen-bond donors (Lipinski definition) is 2. The number of carbonyl (C=O) groups is 2. The average Bonchev–Trinajstić information content (AvgIpc) is 2.55. The SMILES string of the molecule is CC[C@H](NC(=O)c1cccc(S(=O)(=O)N2CC(O)C2)c1)C(=O)N(C)C. The first-order valence-electron chi connectivity index (χ1n) is 7.97. The lowest BCUT2D eigenvalue weighted by molar-refractivity contribution is -0.130. The molecule has 0 radical (unpaired) electrons. The van der Waals surface area contributed by atoms with Crippen molar-refractivity contribution in [2.24, 2.45) is 0 Å². The van der Waals surface area contributed by atoms with Crippen molar-refractivity contribution in [3.63, 3.8) is 0 Å². The summed E-state index contributed by atoms with van der Waals surface area (Å²) in [4.78, 5) is 25.8. The largest absolute Gasteiger partial charge is 0.390 e. The Kier molecular flexibility index (Phi) is 5.81. The van der Waals surface area contributed by atoms with Gasteiger partial charge < -0.3 is 15.3 Å².